The first-order chi connectivity index (χ1) is 8.14. The molecule has 0 aromatic carbocycles. The molecule has 0 spiro atoms. The summed E-state index contributed by atoms with van der Waals surface area (Å²) in [5.74, 6) is 1.77. The average molecular weight is 236 g/mol. The minimum absolute atomic E-state index is 0.227. The van der Waals surface area contributed by atoms with E-state index in [0.29, 0.717) is 5.92 Å². The monoisotopic (exact) mass is 236 g/mol. The number of rotatable bonds is 4. The summed E-state index contributed by atoms with van der Waals surface area (Å²) in [7, 11) is 0. The summed E-state index contributed by atoms with van der Waals surface area (Å²) in [6.45, 7) is 7.56. The van der Waals surface area contributed by atoms with Crippen molar-refractivity contribution in [1.29, 1.82) is 0 Å². The second kappa shape index (κ2) is 5.23. The van der Waals surface area contributed by atoms with Gasteiger partial charge in [-0.05, 0) is 64.3 Å². The normalized spacial score (nSPS) is 25.0. The van der Waals surface area contributed by atoms with Gasteiger partial charge in [0, 0.05) is 5.54 Å². The van der Waals surface area contributed by atoms with Gasteiger partial charge in [-0.1, -0.05) is 0 Å². The molecule has 2 N–H and O–H groups in total. The number of nitrogens with zero attached hydrogens (tertiary/aromatic N) is 1. The van der Waals surface area contributed by atoms with Crippen LogP contribution in [0.15, 0.2) is 22.8 Å². The van der Waals surface area contributed by atoms with E-state index in [1.54, 1.807) is 6.26 Å². The Morgan fingerprint density at radius 3 is 3.00 bits per heavy atom. The number of hydrogen-bond donors (Lipinski definition) is 1. The van der Waals surface area contributed by atoms with Gasteiger partial charge in [0.15, 0.2) is 0 Å². The van der Waals surface area contributed by atoms with Crippen LogP contribution < -0.4 is 5.73 Å². The fraction of sp³-hybridized carbons (Fsp3) is 0.714. The first kappa shape index (κ1) is 12.7. The largest absolute Gasteiger partial charge is 0.468 e. The summed E-state index contributed by atoms with van der Waals surface area (Å²) in [6, 6.07) is 4.02. The summed E-state index contributed by atoms with van der Waals surface area (Å²) in [5.41, 5.74) is 5.95. The van der Waals surface area contributed by atoms with E-state index in [-0.39, 0.29) is 5.54 Å². The molecule has 0 bridgehead atoms. The molecule has 17 heavy (non-hydrogen) atoms. The Labute approximate surface area is 104 Å². The Kier molecular flexibility index (Phi) is 3.89. The first-order valence-electron chi connectivity index (χ1n) is 6.62. The molecule has 1 aromatic heterocycles. The van der Waals surface area contributed by atoms with E-state index < -0.39 is 0 Å². The van der Waals surface area contributed by atoms with E-state index in [9.17, 15) is 0 Å². The maximum atomic E-state index is 5.72. The van der Waals surface area contributed by atoms with Gasteiger partial charge in [-0.3, -0.25) is 4.90 Å². The number of furan rings is 1. The fourth-order valence-electron chi connectivity index (χ4n) is 3.00. The summed E-state index contributed by atoms with van der Waals surface area (Å²) >= 11 is 0. The Bertz CT molecular complexity index is 330. The number of nitrogens with two attached hydrogens (primary N) is 1. The van der Waals surface area contributed by atoms with Crippen molar-refractivity contribution in [3.05, 3.63) is 24.2 Å². The fourth-order valence-corrected chi connectivity index (χ4v) is 3.00. The third kappa shape index (κ3) is 2.72. The molecule has 1 saturated heterocycles. The standard InChI is InChI=1S/C14H24N2O/c1-14(2)12(7-8-15)5-3-9-16(14)11-13-6-4-10-17-13/h4,6,10,12H,3,5,7-9,11,15H2,1-2H3. The molecule has 2 rings (SSSR count). The lowest BCUT2D eigenvalue weighted by Gasteiger charge is -2.48. The zero-order valence-electron chi connectivity index (χ0n) is 11.0. The van der Waals surface area contributed by atoms with E-state index >= 15 is 0 Å². The highest BCUT2D eigenvalue weighted by Gasteiger charge is 2.37. The Morgan fingerprint density at radius 2 is 2.35 bits per heavy atom. The van der Waals surface area contributed by atoms with Crippen LogP contribution in [0.5, 0.6) is 0 Å². The summed E-state index contributed by atoms with van der Waals surface area (Å²) in [5, 5.41) is 0. The molecule has 1 fully saturated rings. The topological polar surface area (TPSA) is 42.4 Å². The van der Waals surface area contributed by atoms with E-state index in [1.165, 1.54) is 12.8 Å². The van der Waals surface area contributed by atoms with Gasteiger partial charge in [-0.15, -0.1) is 0 Å². The average Bonchev–Trinajstić information content (AvgIpc) is 2.77. The van der Waals surface area contributed by atoms with E-state index in [2.05, 4.69) is 24.8 Å². The molecule has 0 amide bonds. The van der Waals surface area contributed by atoms with Gasteiger partial charge in [0.1, 0.15) is 5.76 Å². The molecule has 3 heteroatoms. The summed E-state index contributed by atoms with van der Waals surface area (Å²) in [6.07, 6.45) is 5.46. The highest BCUT2D eigenvalue weighted by atomic mass is 16.3. The van der Waals surface area contributed by atoms with E-state index in [1.807, 2.05) is 6.07 Å². The van der Waals surface area contributed by atoms with Crippen LogP contribution in [0.3, 0.4) is 0 Å². The maximum Gasteiger partial charge on any atom is 0.117 e. The molecule has 1 atom stereocenters. The third-order valence-electron chi connectivity index (χ3n) is 4.24. The van der Waals surface area contributed by atoms with Crippen LogP contribution in [-0.4, -0.2) is 23.5 Å². The van der Waals surface area contributed by atoms with Crippen LogP contribution in [0, 0.1) is 5.92 Å². The molecule has 3 nitrogen and oxygen atoms in total. The van der Waals surface area contributed by atoms with E-state index in [0.717, 1.165) is 31.8 Å². The van der Waals surface area contributed by atoms with Gasteiger partial charge in [0.25, 0.3) is 0 Å². The smallest absolute Gasteiger partial charge is 0.117 e. The Balaban J connectivity index is 2.05. The first-order valence-corrected chi connectivity index (χ1v) is 6.62. The van der Waals surface area contributed by atoms with Gasteiger partial charge in [-0.2, -0.15) is 0 Å². The van der Waals surface area contributed by atoms with Gasteiger partial charge in [0.05, 0.1) is 12.8 Å². The zero-order chi connectivity index (χ0) is 12.3. The van der Waals surface area contributed by atoms with Crippen molar-refractivity contribution in [2.75, 3.05) is 13.1 Å². The van der Waals surface area contributed by atoms with E-state index in [4.69, 9.17) is 10.2 Å². The van der Waals surface area contributed by atoms with Crippen molar-refractivity contribution in [1.82, 2.24) is 4.90 Å². The molecule has 2 heterocycles. The molecule has 1 aliphatic rings. The molecular formula is C14H24N2O. The molecule has 1 aromatic rings. The quantitative estimate of drug-likeness (QED) is 0.874. The molecule has 0 radical (unpaired) electrons. The predicted octanol–water partition coefficient (Wildman–Crippen LogP) is 2.62. The minimum Gasteiger partial charge on any atom is -0.468 e. The Hall–Kier alpha value is -0.800. The van der Waals surface area contributed by atoms with Crippen LogP contribution in [0.2, 0.25) is 0 Å². The highest BCUT2D eigenvalue weighted by Crippen LogP contribution is 2.36. The Morgan fingerprint density at radius 1 is 1.53 bits per heavy atom. The van der Waals surface area contributed by atoms with Crippen molar-refractivity contribution < 1.29 is 4.42 Å². The van der Waals surface area contributed by atoms with Crippen LogP contribution in [0.4, 0.5) is 0 Å². The van der Waals surface area contributed by atoms with Crippen molar-refractivity contribution in [2.24, 2.45) is 11.7 Å². The predicted molar refractivity (Wildman–Crippen MR) is 69.6 cm³/mol. The van der Waals surface area contributed by atoms with Gasteiger partial charge in [0.2, 0.25) is 0 Å². The summed E-state index contributed by atoms with van der Waals surface area (Å²) < 4.78 is 5.46. The van der Waals surface area contributed by atoms with Crippen LogP contribution in [-0.2, 0) is 6.54 Å². The second-order valence-electron chi connectivity index (χ2n) is 5.57. The molecule has 96 valence electrons. The molecule has 1 aliphatic heterocycles. The van der Waals surface area contributed by atoms with Crippen LogP contribution in [0.1, 0.15) is 38.9 Å². The SMILES string of the molecule is CC1(C)C(CCN)CCCN1Cc1ccco1. The maximum absolute atomic E-state index is 5.72. The lowest BCUT2D eigenvalue weighted by molar-refractivity contribution is 0.00784. The van der Waals surface area contributed by atoms with Crippen molar-refractivity contribution in [3.8, 4) is 0 Å². The van der Waals surface area contributed by atoms with Crippen molar-refractivity contribution in [3.63, 3.8) is 0 Å². The molecule has 1 unspecified atom stereocenters. The minimum atomic E-state index is 0.227. The second-order valence-corrected chi connectivity index (χ2v) is 5.57. The lowest BCUT2D eigenvalue weighted by atomic mass is 9.77. The number of piperidine rings is 1. The summed E-state index contributed by atoms with van der Waals surface area (Å²) in [4.78, 5) is 2.54. The highest BCUT2D eigenvalue weighted by molar-refractivity contribution is 5.01. The molecule has 0 aliphatic carbocycles. The number of likely N-dealkylation sites (tertiary alicyclic amines) is 1. The third-order valence-corrected chi connectivity index (χ3v) is 4.24. The lowest BCUT2D eigenvalue weighted by Crippen LogP contribution is -2.53. The van der Waals surface area contributed by atoms with Gasteiger partial charge < -0.3 is 10.2 Å². The van der Waals surface area contributed by atoms with Crippen LogP contribution >= 0.6 is 0 Å². The van der Waals surface area contributed by atoms with Crippen LogP contribution in [0.25, 0.3) is 0 Å². The molecular weight excluding hydrogens is 212 g/mol. The number of hydrogen-bond acceptors (Lipinski definition) is 3. The van der Waals surface area contributed by atoms with Gasteiger partial charge in [-0.25, -0.2) is 0 Å². The molecule has 0 saturated carbocycles. The van der Waals surface area contributed by atoms with Crippen molar-refractivity contribution in [2.45, 2.75) is 45.2 Å². The zero-order valence-corrected chi connectivity index (χ0v) is 11.0. The van der Waals surface area contributed by atoms with Crippen molar-refractivity contribution >= 4 is 0 Å². The van der Waals surface area contributed by atoms with Gasteiger partial charge >= 0.3 is 0 Å².